The first kappa shape index (κ1) is 19.5. The van der Waals surface area contributed by atoms with Crippen molar-refractivity contribution in [2.45, 2.75) is 6.92 Å². The van der Waals surface area contributed by atoms with Crippen LogP contribution in [-0.2, 0) is 4.79 Å². The fraction of sp³-hybridized carbons (Fsp3) is 0.0909. The summed E-state index contributed by atoms with van der Waals surface area (Å²) >= 11 is 6.10. The lowest BCUT2D eigenvalue weighted by Gasteiger charge is -2.10. The van der Waals surface area contributed by atoms with Crippen molar-refractivity contribution in [3.8, 4) is 5.75 Å². The van der Waals surface area contributed by atoms with Crippen molar-refractivity contribution in [1.82, 2.24) is 0 Å². The summed E-state index contributed by atoms with van der Waals surface area (Å²) in [4.78, 5) is 24.2. The molecule has 3 aromatic rings. The zero-order valence-electron chi connectivity index (χ0n) is 15.2. The molecule has 3 rings (SSSR count). The van der Waals surface area contributed by atoms with Crippen molar-refractivity contribution in [3.63, 3.8) is 0 Å². The van der Waals surface area contributed by atoms with Gasteiger partial charge in [-0.05, 0) is 61.0 Å². The lowest BCUT2D eigenvalue weighted by molar-refractivity contribution is -0.118. The second-order valence-electron chi connectivity index (χ2n) is 6.16. The zero-order chi connectivity index (χ0) is 19.9. The second-order valence-corrected chi connectivity index (χ2v) is 6.57. The van der Waals surface area contributed by atoms with E-state index in [9.17, 15) is 9.59 Å². The minimum Gasteiger partial charge on any atom is -0.484 e. The Bertz CT molecular complexity index is 973. The van der Waals surface area contributed by atoms with Crippen LogP contribution in [0.25, 0.3) is 0 Å². The molecular formula is C22H19ClN2O3. The van der Waals surface area contributed by atoms with E-state index in [0.29, 0.717) is 27.7 Å². The van der Waals surface area contributed by atoms with Crippen molar-refractivity contribution in [1.29, 1.82) is 0 Å². The molecule has 0 fully saturated rings. The van der Waals surface area contributed by atoms with Crippen LogP contribution in [0.3, 0.4) is 0 Å². The summed E-state index contributed by atoms with van der Waals surface area (Å²) in [5.41, 5.74) is 2.77. The van der Waals surface area contributed by atoms with Crippen LogP contribution in [0.5, 0.6) is 5.75 Å². The third-order valence-corrected chi connectivity index (χ3v) is 4.23. The first-order valence-electron chi connectivity index (χ1n) is 8.66. The van der Waals surface area contributed by atoms with Gasteiger partial charge in [-0.3, -0.25) is 9.59 Å². The van der Waals surface area contributed by atoms with E-state index in [2.05, 4.69) is 10.6 Å². The van der Waals surface area contributed by atoms with Crippen LogP contribution in [-0.4, -0.2) is 18.4 Å². The van der Waals surface area contributed by atoms with Gasteiger partial charge in [-0.1, -0.05) is 35.9 Å². The molecule has 0 bridgehead atoms. The maximum atomic E-state index is 12.1. The normalized spacial score (nSPS) is 10.2. The van der Waals surface area contributed by atoms with Gasteiger partial charge in [-0.15, -0.1) is 0 Å². The summed E-state index contributed by atoms with van der Waals surface area (Å²) in [6.07, 6.45) is 0. The van der Waals surface area contributed by atoms with E-state index in [-0.39, 0.29) is 18.4 Å². The Kier molecular flexibility index (Phi) is 6.29. The number of anilines is 2. The quantitative estimate of drug-likeness (QED) is 0.623. The van der Waals surface area contributed by atoms with Crippen molar-refractivity contribution in [2.24, 2.45) is 0 Å². The van der Waals surface area contributed by atoms with Crippen LogP contribution in [0.2, 0.25) is 5.02 Å². The van der Waals surface area contributed by atoms with Crippen LogP contribution in [0.4, 0.5) is 11.4 Å². The highest BCUT2D eigenvalue weighted by atomic mass is 35.5. The average Bonchev–Trinajstić information content (AvgIpc) is 2.70. The van der Waals surface area contributed by atoms with E-state index in [1.54, 1.807) is 60.7 Å². The number of carbonyl (C=O) groups is 2. The number of carbonyl (C=O) groups excluding carboxylic acids is 2. The topological polar surface area (TPSA) is 67.4 Å². The van der Waals surface area contributed by atoms with Crippen molar-refractivity contribution in [3.05, 3.63) is 88.9 Å². The SMILES string of the molecule is Cc1ccc(NC(=O)COc2ccc(NC(=O)c3ccccc3)cc2)c(Cl)c1. The van der Waals surface area contributed by atoms with E-state index in [0.717, 1.165) is 5.56 Å². The molecular weight excluding hydrogens is 376 g/mol. The molecule has 5 nitrogen and oxygen atoms in total. The fourth-order valence-corrected chi connectivity index (χ4v) is 2.77. The van der Waals surface area contributed by atoms with Crippen LogP contribution in [0.15, 0.2) is 72.8 Å². The Morgan fingerprint density at radius 2 is 1.64 bits per heavy atom. The molecule has 0 saturated heterocycles. The number of rotatable bonds is 6. The third-order valence-electron chi connectivity index (χ3n) is 3.92. The zero-order valence-corrected chi connectivity index (χ0v) is 16.0. The van der Waals surface area contributed by atoms with Gasteiger partial charge in [0.2, 0.25) is 0 Å². The van der Waals surface area contributed by atoms with E-state index < -0.39 is 0 Å². The molecule has 0 aliphatic heterocycles. The monoisotopic (exact) mass is 394 g/mol. The minimum atomic E-state index is -0.313. The summed E-state index contributed by atoms with van der Waals surface area (Å²) in [5.74, 6) is 0.0127. The van der Waals surface area contributed by atoms with Crippen LogP contribution >= 0.6 is 11.6 Å². The van der Waals surface area contributed by atoms with Gasteiger partial charge in [0.05, 0.1) is 10.7 Å². The number of aryl methyl sites for hydroxylation is 1. The first-order valence-corrected chi connectivity index (χ1v) is 9.04. The van der Waals surface area contributed by atoms with Crippen molar-refractivity contribution in [2.75, 3.05) is 17.2 Å². The van der Waals surface area contributed by atoms with Gasteiger partial charge >= 0.3 is 0 Å². The Labute approximate surface area is 168 Å². The highest BCUT2D eigenvalue weighted by molar-refractivity contribution is 6.33. The number of benzene rings is 3. The molecule has 0 saturated carbocycles. The van der Waals surface area contributed by atoms with Gasteiger partial charge in [-0.25, -0.2) is 0 Å². The predicted molar refractivity (Wildman–Crippen MR) is 111 cm³/mol. The van der Waals surface area contributed by atoms with Crippen LogP contribution < -0.4 is 15.4 Å². The molecule has 0 radical (unpaired) electrons. The van der Waals surface area contributed by atoms with Crippen molar-refractivity contribution < 1.29 is 14.3 Å². The summed E-state index contributed by atoms with van der Waals surface area (Å²) in [7, 11) is 0. The number of hydrogen-bond donors (Lipinski definition) is 2. The van der Waals surface area contributed by atoms with Crippen LogP contribution in [0.1, 0.15) is 15.9 Å². The molecule has 0 aromatic heterocycles. The summed E-state index contributed by atoms with van der Waals surface area (Å²) in [6, 6.07) is 21.1. The average molecular weight is 395 g/mol. The van der Waals surface area contributed by atoms with Gasteiger partial charge in [0.15, 0.2) is 6.61 Å². The number of halogens is 1. The smallest absolute Gasteiger partial charge is 0.262 e. The van der Waals surface area contributed by atoms with Gasteiger partial charge in [-0.2, -0.15) is 0 Å². The van der Waals surface area contributed by atoms with Gasteiger partial charge in [0.1, 0.15) is 5.75 Å². The summed E-state index contributed by atoms with van der Waals surface area (Å²) in [5, 5.41) is 5.99. The Morgan fingerprint density at radius 1 is 0.929 bits per heavy atom. The fourth-order valence-electron chi connectivity index (χ4n) is 2.48. The summed E-state index contributed by atoms with van der Waals surface area (Å²) in [6.45, 7) is 1.77. The molecule has 6 heteroatoms. The Morgan fingerprint density at radius 3 is 2.32 bits per heavy atom. The second kappa shape index (κ2) is 9.06. The van der Waals surface area contributed by atoms with E-state index in [1.165, 1.54) is 0 Å². The Balaban J connectivity index is 1.51. The molecule has 0 aliphatic rings. The number of nitrogens with one attached hydrogen (secondary N) is 2. The standard InChI is InChI=1S/C22H19ClN2O3/c1-15-7-12-20(19(23)13-15)25-21(26)14-28-18-10-8-17(9-11-18)24-22(27)16-5-3-2-4-6-16/h2-13H,14H2,1H3,(H,24,27)(H,25,26). The summed E-state index contributed by atoms with van der Waals surface area (Å²) < 4.78 is 5.48. The number of amides is 2. The number of hydrogen-bond acceptors (Lipinski definition) is 3. The highest BCUT2D eigenvalue weighted by Gasteiger charge is 2.08. The van der Waals surface area contributed by atoms with Gasteiger partial charge < -0.3 is 15.4 Å². The molecule has 2 amide bonds. The molecule has 2 N–H and O–H groups in total. The molecule has 0 atom stereocenters. The lowest BCUT2D eigenvalue weighted by Crippen LogP contribution is -2.20. The van der Waals surface area contributed by atoms with E-state index >= 15 is 0 Å². The minimum absolute atomic E-state index is 0.153. The van der Waals surface area contributed by atoms with Crippen LogP contribution in [0, 0.1) is 6.92 Å². The van der Waals surface area contributed by atoms with E-state index in [4.69, 9.17) is 16.3 Å². The largest absolute Gasteiger partial charge is 0.484 e. The molecule has 3 aromatic carbocycles. The molecule has 142 valence electrons. The van der Waals surface area contributed by atoms with Gasteiger partial charge in [0.25, 0.3) is 11.8 Å². The molecule has 28 heavy (non-hydrogen) atoms. The molecule has 0 aliphatic carbocycles. The predicted octanol–water partition coefficient (Wildman–Crippen LogP) is 4.92. The maximum Gasteiger partial charge on any atom is 0.262 e. The third kappa shape index (κ3) is 5.34. The first-order chi connectivity index (χ1) is 13.5. The molecule has 0 spiro atoms. The number of ether oxygens (including phenoxy) is 1. The molecule has 0 heterocycles. The van der Waals surface area contributed by atoms with E-state index in [1.807, 2.05) is 19.1 Å². The lowest BCUT2D eigenvalue weighted by atomic mass is 10.2. The van der Waals surface area contributed by atoms with Gasteiger partial charge in [0, 0.05) is 11.3 Å². The molecule has 0 unspecified atom stereocenters. The highest BCUT2D eigenvalue weighted by Crippen LogP contribution is 2.22. The Hall–Kier alpha value is -3.31. The van der Waals surface area contributed by atoms with Crippen molar-refractivity contribution >= 4 is 34.8 Å². The maximum absolute atomic E-state index is 12.1.